The summed E-state index contributed by atoms with van der Waals surface area (Å²) in [5.74, 6) is 0. The Morgan fingerprint density at radius 2 is 2.25 bits per heavy atom. The highest BCUT2D eigenvalue weighted by atomic mass is 127. The minimum absolute atomic E-state index is 0.365. The molecule has 0 saturated carbocycles. The zero-order valence-electron chi connectivity index (χ0n) is 6.14. The lowest BCUT2D eigenvalue weighted by Gasteiger charge is -2.03. The normalized spacial score (nSPS) is 9.50. The first kappa shape index (κ1) is 9.78. The molecule has 2 N–H and O–H groups in total. The van der Waals surface area contributed by atoms with Gasteiger partial charge in [0.1, 0.15) is 6.07 Å². The van der Waals surface area contributed by atoms with Crippen molar-refractivity contribution in [2.45, 2.75) is 6.54 Å². The van der Waals surface area contributed by atoms with Gasteiger partial charge in [0.2, 0.25) is 0 Å². The number of hydrogen-bond donors (Lipinski definition) is 1. The number of nitrogens with zero attached hydrogens (tertiary/aromatic N) is 1. The van der Waals surface area contributed by atoms with Crippen LogP contribution in [0.1, 0.15) is 11.1 Å². The van der Waals surface area contributed by atoms with Crippen LogP contribution in [0.2, 0.25) is 5.02 Å². The highest BCUT2D eigenvalue weighted by Gasteiger charge is 2.05. The van der Waals surface area contributed by atoms with E-state index >= 15 is 0 Å². The third kappa shape index (κ3) is 1.89. The van der Waals surface area contributed by atoms with Crippen LogP contribution in [0.5, 0.6) is 0 Å². The monoisotopic (exact) mass is 292 g/mol. The number of benzene rings is 1. The van der Waals surface area contributed by atoms with E-state index in [1.54, 1.807) is 6.07 Å². The summed E-state index contributed by atoms with van der Waals surface area (Å²) in [6, 6.07) is 5.64. The van der Waals surface area contributed by atoms with Gasteiger partial charge in [-0.1, -0.05) is 11.6 Å². The van der Waals surface area contributed by atoms with Gasteiger partial charge in [0.05, 0.1) is 10.6 Å². The van der Waals surface area contributed by atoms with E-state index in [-0.39, 0.29) is 0 Å². The van der Waals surface area contributed by atoms with Gasteiger partial charge in [-0.15, -0.1) is 0 Å². The largest absolute Gasteiger partial charge is 0.326 e. The molecule has 0 spiro atoms. The topological polar surface area (TPSA) is 49.8 Å². The third-order valence-corrected chi connectivity index (χ3v) is 2.52. The summed E-state index contributed by atoms with van der Waals surface area (Å²) >= 11 is 8.00. The number of hydrogen-bond acceptors (Lipinski definition) is 2. The second kappa shape index (κ2) is 4.08. The van der Waals surface area contributed by atoms with E-state index in [4.69, 9.17) is 22.6 Å². The molecule has 0 bridgehead atoms. The molecule has 0 aliphatic heterocycles. The van der Waals surface area contributed by atoms with Crippen LogP contribution in [0.4, 0.5) is 0 Å². The minimum atomic E-state index is 0.365. The molecule has 0 fully saturated rings. The summed E-state index contributed by atoms with van der Waals surface area (Å²) in [6.07, 6.45) is 0. The highest BCUT2D eigenvalue weighted by molar-refractivity contribution is 14.1. The second-order valence-corrected chi connectivity index (χ2v) is 3.87. The molecule has 62 valence electrons. The lowest BCUT2D eigenvalue weighted by atomic mass is 10.1. The van der Waals surface area contributed by atoms with Crippen molar-refractivity contribution < 1.29 is 0 Å². The molecule has 4 heteroatoms. The highest BCUT2D eigenvalue weighted by Crippen LogP contribution is 2.23. The SMILES string of the molecule is N#Cc1cc(I)cc(CN)c1Cl. The van der Waals surface area contributed by atoms with Crippen molar-refractivity contribution >= 4 is 34.2 Å². The quantitative estimate of drug-likeness (QED) is 0.807. The number of halogens is 2. The zero-order valence-corrected chi connectivity index (χ0v) is 9.06. The van der Waals surface area contributed by atoms with Crippen LogP contribution in [0.3, 0.4) is 0 Å². The molecule has 0 heterocycles. The molecule has 0 unspecified atom stereocenters. The van der Waals surface area contributed by atoms with Gasteiger partial charge >= 0.3 is 0 Å². The van der Waals surface area contributed by atoms with Crippen LogP contribution in [0.15, 0.2) is 12.1 Å². The van der Waals surface area contributed by atoms with Crippen LogP contribution in [-0.4, -0.2) is 0 Å². The van der Waals surface area contributed by atoms with Crippen molar-refractivity contribution in [3.05, 3.63) is 31.9 Å². The lowest BCUT2D eigenvalue weighted by molar-refractivity contribution is 1.07. The van der Waals surface area contributed by atoms with E-state index in [1.807, 2.05) is 12.1 Å². The molecule has 0 aromatic heterocycles. The van der Waals surface area contributed by atoms with E-state index in [0.29, 0.717) is 17.1 Å². The first-order valence-electron chi connectivity index (χ1n) is 3.27. The predicted octanol–water partition coefficient (Wildman–Crippen LogP) is 2.27. The molecule has 1 aromatic rings. The van der Waals surface area contributed by atoms with Gasteiger partial charge in [-0.05, 0) is 40.3 Å². The summed E-state index contributed by atoms with van der Waals surface area (Å²) in [6.45, 7) is 0.365. The number of nitriles is 1. The first-order chi connectivity index (χ1) is 5.69. The summed E-state index contributed by atoms with van der Waals surface area (Å²) in [5, 5.41) is 9.16. The maximum atomic E-state index is 8.68. The molecule has 1 rings (SSSR count). The Labute approximate surface area is 89.5 Å². The van der Waals surface area contributed by atoms with Crippen LogP contribution in [0.25, 0.3) is 0 Å². The summed E-state index contributed by atoms with van der Waals surface area (Å²) < 4.78 is 0.981. The van der Waals surface area contributed by atoms with Gasteiger partial charge in [-0.25, -0.2) is 0 Å². The van der Waals surface area contributed by atoms with Crippen LogP contribution in [0, 0.1) is 14.9 Å². The van der Waals surface area contributed by atoms with Gasteiger partial charge in [-0.3, -0.25) is 0 Å². The third-order valence-electron chi connectivity index (χ3n) is 1.45. The van der Waals surface area contributed by atoms with E-state index in [2.05, 4.69) is 22.6 Å². The predicted molar refractivity (Wildman–Crippen MR) is 56.8 cm³/mol. The van der Waals surface area contributed by atoms with Gasteiger partial charge in [0, 0.05) is 10.1 Å². The fourth-order valence-corrected chi connectivity index (χ4v) is 1.79. The number of nitrogens with two attached hydrogens (primary N) is 1. The van der Waals surface area contributed by atoms with E-state index < -0.39 is 0 Å². The lowest BCUT2D eigenvalue weighted by Crippen LogP contribution is -1.99. The van der Waals surface area contributed by atoms with Crippen LogP contribution in [-0.2, 0) is 6.54 Å². The minimum Gasteiger partial charge on any atom is -0.326 e. The number of rotatable bonds is 1. The first-order valence-corrected chi connectivity index (χ1v) is 4.72. The fourth-order valence-electron chi connectivity index (χ4n) is 0.876. The van der Waals surface area contributed by atoms with Crippen molar-refractivity contribution in [3.63, 3.8) is 0 Å². The fraction of sp³-hybridized carbons (Fsp3) is 0.125. The molecule has 12 heavy (non-hydrogen) atoms. The maximum Gasteiger partial charge on any atom is 0.101 e. The Bertz CT molecular complexity index is 344. The molecule has 0 aliphatic carbocycles. The summed E-state index contributed by atoms with van der Waals surface area (Å²) in [4.78, 5) is 0. The molecule has 0 aliphatic rings. The zero-order chi connectivity index (χ0) is 9.14. The van der Waals surface area contributed by atoms with Gasteiger partial charge in [0.25, 0.3) is 0 Å². The van der Waals surface area contributed by atoms with Gasteiger partial charge in [-0.2, -0.15) is 5.26 Å². The van der Waals surface area contributed by atoms with Crippen LogP contribution >= 0.6 is 34.2 Å². The Hall–Kier alpha value is -0.310. The van der Waals surface area contributed by atoms with Gasteiger partial charge < -0.3 is 5.73 Å². The summed E-state index contributed by atoms with van der Waals surface area (Å²) in [7, 11) is 0. The molecule has 0 saturated heterocycles. The average molecular weight is 293 g/mol. The summed E-state index contributed by atoms with van der Waals surface area (Å²) in [5.41, 5.74) is 6.76. The van der Waals surface area contributed by atoms with Crippen molar-refractivity contribution in [2.75, 3.05) is 0 Å². The van der Waals surface area contributed by atoms with Crippen molar-refractivity contribution in [1.82, 2.24) is 0 Å². The standard InChI is InChI=1S/C8H6ClIN2/c9-8-5(3-11)1-7(10)2-6(8)4-12/h1-2H,3,11H2. The molecule has 0 atom stereocenters. The molecule has 0 radical (unpaired) electrons. The molecule has 0 amide bonds. The Morgan fingerprint density at radius 3 is 2.75 bits per heavy atom. The van der Waals surface area contributed by atoms with Crippen molar-refractivity contribution in [3.8, 4) is 6.07 Å². The molecule has 2 nitrogen and oxygen atoms in total. The molecule has 1 aromatic carbocycles. The van der Waals surface area contributed by atoms with Crippen molar-refractivity contribution in [2.24, 2.45) is 5.73 Å². The van der Waals surface area contributed by atoms with Crippen LogP contribution < -0.4 is 5.73 Å². The second-order valence-electron chi connectivity index (χ2n) is 2.24. The average Bonchev–Trinajstić information content (AvgIpc) is 2.08. The van der Waals surface area contributed by atoms with E-state index in [1.165, 1.54) is 0 Å². The molecular formula is C8H6ClIN2. The molecular weight excluding hydrogens is 286 g/mol. The Balaban J connectivity index is 3.34. The smallest absolute Gasteiger partial charge is 0.101 e. The van der Waals surface area contributed by atoms with Crippen molar-refractivity contribution in [1.29, 1.82) is 5.26 Å². The Kier molecular flexibility index (Phi) is 3.32. The van der Waals surface area contributed by atoms with E-state index in [0.717, 1.165) is 9.13 Å². The Morgan fingerprint density at radius 1 is 1.58 bits per heavy atom. The maximum absolute atomic E-state index is 8.68. The van der Waals surface area contributed by atoms with E-state index in [9.17, 15) is 0 Å². The van der Waals surface area contributed by atoms with Gasteiger partial charge in [0.15, 0.2) is 0 Å².